The van der Waals surface area contributed by atoms with Crippen LogP contribution in [0.1, 0.15) is 16.1 Å². The van der Waals surface area contributed by atoms with E-state index in [-0.39, 0.29) is 5.91 Å². The third-order valence-corrected chi connectivity index (χ3v) is 2.62. The highest BCUT2D eigenvalue weighted by molar-refractivity contribution is 5.93. The SMILES string of the molecule is C=CCNC(=O)c1cc(NCc2cccnc2)ccn1. The molecule has 102 valence electrons. The van der Waals surface area contributed by atoms with Crippen LogP contribution in [0.5, 0.6) is 0 Å². The van der Waals surface area contributed by atoms with Crippen LogP contribution in [0.4, 0.5) is 5.69 Å². The van der Waals surface area contributed by atoms with E-state index in [4.69, 9.17) is 0 Å². The molecule has 0 saturated heterocycles. The van der Waals surface area contributed by atoms with Crippen molar-refractivity contribution >= 4 is 11.6 Å². The lowest BCUT2D eigenvalue weighted by Crippen LogP contribution is -2.24. The van der Waals surface area contributed by atoms with Gasteiger partial charge in [-0.3, -0.25) is 14.8 Å². The van der Waals surface area contributed by atoms with Crippen LogP contribution in [0.15, 0.2) is 55.5 Å². The second-order valence-electron chi connectivity index (χ2n) is 4.14. The number of pyridine rings is 2. The topological polar surface area (TPSA) is 66.9 Å². The van der Waals surface area contributed by atoms with E-state index < -0.39 is 0 Å². The number of hydrogen-bond acceptors (Lipinski definition) is 4. The molecule has 2 N–H and O–H groups in total. The van der Waals surface area contributed by atoms with Crippen molar-refractivity contribution in [1.29, 1.82) is 0 Å². The van der Waals surface area contributed by atoms with Gasteiger partial charge in [0.1, 0.15) is 5.69 Å². The van der Waals surface area contributed by atoms with Gasteiger partial charge in [0.2, 0.25) is 0 Å². The number of aromatic nitrogens is 2. The van der Waals surface area contributed by atoms with E-state index in [2.05, 4.69) is 27.2 Å². The largest absolute Gasteiger partial charge is 0.381 e. The predicted molar refractivity (Wildman–Crippen MR) is 78.3 cm³/mol. The maximum Gasteiger partial charge on any atom is 0.270 e. The Bertz CT molecular complexity index is 583. The van der Waals surface area contributed by atoms with Gasteiger partial charge < -0.3 is 10.6 Å². The lowest BCUT2D eigenvalue weighted by atomic mass is 10.2. The first-order valence-electron chi connectivity index (χ1n) is 6.27. The van der Waals surface area contributed by atoms with Crippen molar-refractivity contribution in [2.75, 3.05) is 11.9 Å². The summed E-state index contributed by atoms with van der Waals surface area (Å²) in [6.45, 7) is 4.62. The Morgan fingerprint density at radius 1 is 1.35 bits per heavy atom. The van der Waals surface area contributed by atoms with Crippen molar-refractivity contribution < 1.29 is 4.79 Å². The van der Waals surface area contributed by atoms with Crippen molar-refractivity contribution in [3.8, 4) is 0 Å². The first kappa shape index (κ1) is 13.7. The summed E-state index contributed by atoms with van der Waals surface area (Å²) in [4.78, 5) is 19.9. The summed E-state index contributed by atoms with van der Waals surface area (Å²) in [6, 6.07) is 7.41. The molecule has 1 amide bonds. The first-order chi connectivity index (χ1) is 9.79. The van der Waals surface area contributed by atoms with E-state index in [1.54, 1.807) is 30.7 Å². The molecule has 20 heavy (non-hydrogen) atoms. The summed E-state index contributed by atoms with van der Waals surface area (Å²) >= 11 is 0. The summed E-state index contributed by atoms with van der Waals surface area (Å²) < 4.78 is 0. The molecule has 2 aromatic rings. The number of nitrogens with zero attached hydrogens (tertiary/aromatic N) is 2. The van der Waals surface area contributed by atoms with Crippen LogP contribution in [0.2, 0.25) is 0 Å². The summed E-state index contributed by atoms with van der Waals surface area (Å²) in [5.74, 6) is -0.213. The molecule has 2 aromatic heterocycles. The van der Waals surface area contributed by atoms with Crippen LogP contribution >= 0.6 is 0 Å². The van der Waals surface area contributed by atoms with Crippen LogP contribution in [-0.4, -0.2) is 22.4 Å². The standard InChI is InChI=1S/C15H16N4O/c1-2-6-18-15(20)14-9-13(5-8-17-14)19-11-12-4-3-7-16-10-12/h2-5,7-10H,1,6,11H2,(H,17,19)(H,18,20). The second kappa shape index (κ2) is 7.04. The molecule has 0 bridgehead atoms. The maximum atomic E-state index is 11.8. The lowest BCUT2D eigenvalue weighted by molar-refractivity contribution is 0.0953. The third-order valence-electron chi connectivity index (χ3n) is 2.62. The van der Waals surface area contributed by atoms with Crippen molar-refractivity contribution in [3.05, 3.63) is 66.8 Å². The highest BCUT2D eigenvalue weighted by Gasteiger charge is 2.06. The minimum Gasteiger partial charge on any atom is -0.381 e. The summed E-state index contributed by atoms with van der Waals surface area (Å²) in [6.07, 6.45) is 6.76. The normalized spacial score (nSPS) is 9.80. The molecule has 0 saturated carbocycles. The molecule has 2 rings (SSSR count). The molecule has 0 atom stereocenters. The number of rotatable bonds is 6. The molecule has 2 heterocycles. The molecular weight excluding hydrogens is 252 g/mol. The molecule has 0 unspecified atom stereocenters. The van der Waals surface area contributed by atoms with Crippen molar-refractivity contribution in [2.45, 2.75) is 6.54 Å². The lowest BCUT2D eigenvalue weighted by Gasteiger charge is -2.07. The average Bonchev–Trinajstić information content (AvgIpc) is 2.52. The zero-order valence-corrected chi connectivity index (χ0v) is 11.0. The monoisotopic (exact) mass is 268 g/mol. The Hall–Kier alpha value is -2.69. The zero-order valence-electron chi connectivity index (χ0n) is 11.0. The Morgan fingerprint density at radius 3 is 3.00 bits per heavy atom. The second-order valence-corrected chi connectivity index (χ2v) is 4.14. The van der Waals surface area contributed by atoms with Gasteiger partial charge in [-0.05, 0) is 23.8 Å². The van der Waals surface area contributed by atoms with Gasteiger partial charge in [-0.25, -0.2) is 0 Å². The van der Waals surface area contributed by atoms with E-state index in [0.717, 1.165) is 11.3 Å². The predicted octanol–water partition coefficient (Wildman–Crippen LogP) is 2.00. The number of carbonyl (C=O) groups excluding carboxylic acids is 1. The van der Waals surface area contributed by atoms with Crippen molar-refractivity contribution in [3.63, 3.8) is 0 Å². The van der Waals surface area contributed by atoms with Gasteiger partial charge in [-0.2, -0.15) is 0 Å². The van der Waals surface area contributed by atoms with Crippen LogP contribution in [0.25, 0.3) is 0 Å². The smallest absolute Gasteiger partial charge is 0.270 e. The minimum atomic E-state index is -0.213. The maximum absolute atomic E-state index is 11.8. The number of anilines is 1. The molecule has 5 nitrogen and oxygen atoms in total. The van der Waals surface area contributed by atoms with Gasteiger partial charge >= 0.3 is 0 Å². The van der Waals surface area contributed by atoms with Crippen molar-refractivity contribution in [2.24, 2.45) is 0 Å². The number of nitrogens with one attached hydrogen (secondary N) is 2. The summed E-state index contributed by atoms with van der Waals surface area (Å²) in [7, 11) is 0. The fraction of sp³-hybridized carbons (Fsp3) is 0.133. The van der Waals surface area contributed by atoms with Crippen LogP contribution in [0.3, 0.4) is 0 Å². The summed E-state index contributed by atoms with van der Waals surface area (Å²) in [5, 5.41) is 5.92. The Kier molecular flexibility index (Phi) is 4.83. The van der Waals surface area contributed by atoms with Gasteiger partial charge in [0, 0.05) is 37.4 Å². The molecular formula is C15H16N4O. The molecule has 0 fully saturated rings. The van der Waals surface area contributed by atoms with Gasteiger partial charge in [-0.1, -0.05) is 12.1 Å². The van der Waals surface area contributed by atoms with Gasteiger partial charge in [-0.15, -0.1) is 6.58 Å². The number of amides is 1. The molecule has 0 aliphatic carbocycles. The van der Waals surface area contributed by atoms with E-state index in [9.17, 15) is 4.79 Å². The first-order valence-corrected chi connectivity index (χ1v) is 6.27. The van der Waals surface area contributed by atoms with E-state index in [0.29, 0.717) is 18.8 Å². The van der Waals surface area contributed by atoms with E-state index >= 15 is 0 Å². The van der Waals surface area contributed by atoms with Crippen LogP contribution in [0, 0.1) is 0 Å². The van der Waals surface area contributed by atoms with Crippen molar-refractivity contribution in [1.82, 2.24) is 15.3 Å². The highest BCUT2D eigenvalue weighted by atomic mass is 16.1. The highest BCUT2D eigenvalue weighted by Crippen LogP contribution is 2.09. The van der Waals surface area contributed by atoms with Crippen LogP contribution < -0.4 is 10.6 Å². The molecule has 5 heteroatoms. The Labute approximate surface area is 117 Å². The number of hydrogen-bond donors (Lipinski definition) is 2. The summed E-state index contributed by atoms with van der Waals surface area (Å²) in [5.41, 5.74) is 2.29. The average molecular weight is 268 g/mol. The minimum absolute atomic E-state index is 0.213. The Morgan fingerprint density at radius 2 is 2.25 bits per heavy atom. The zero-order chi connectivity index (χ0) is 14.2. The molecule has 0 aliphatic rings. The fourth-order valence-corrected chi connectivity index (χ4v) is 1.63. The molecule has 0 spiro atoms. The van der Waals surface area contributed by atoms with E-state index in [1.807, 2.05) is 18.2 Å². The Balaban J connectivity index is 1.99. The molecule has 0 radical (unpaired) electrons. The quantitative estimate of drug-likeness (QED) is 0.786. The van der Waals surface area contributed by atoms with Gasteiger partial charge in [0.25, 0.3) is 5.91 Å². The molecule has 0 aromatic carbocycles. The fourth-order valence-electron chi connectivity index (χ4n) is 1.63. The molecule has 0 aliphatic heterocycles. The third kappa shape index (κ3) is 3.91. The van der Waals surface area contributed by atoms with Crippen LogP contribution in [-0.2, 0) is 6.54 Å². The number of carbonyl (C=O) groups is 1. The van der Waals surface area contributed by atoms with Gasteiger partial charge in [0.05, 0.1) is 0 Å². The van der Waals surface area contributed by atoms with E-state index in [1.165, 1.54) is 0 Å². The van der Waals surface area contributed by atoms with Gasteiger partial charge in [0.15, 0.2) is 0 Å².